The monoisotopic (exact) mass is 546 g/mol. The number of rotatable bonds is 6. The van der Waals surface area contributed by atoms with Gasteiger partial charge in [-0.3, -0.25) is 9.36 Å². The minimum Gasteiger partial charge on any atom is -0.463 e. The second-order valence-corrected chi connectivity index (χ2v) is 10.6. The zero-order valence-corrected chi connectivity index (χ0v) is 22.6. The minimum absolute atomic E-state index is 0.203. The van der Waals surface area contributed by atoms with Gasteiger partial charge in [-0.05, 0) is 54.6 Å². The molecule has 8 heteroatoms. The average Bonchev–Trinajstić information content (AvgIpc) is 3.23. The quantitative estimate of drug-likeness (QED) is 0.243. The van der Waals surface area contributed by atoms with Gasteiger partial charge in [0, 0.05) is 15.5 Å². The molecule has 0 N–H and O–H groups in total. The standard InChI is InChI=1S/C29H23ClN2O3S2/c1-3-35-28(34)24-25(19-7-5-4-6-8-19)31-29-32(26(24)20-11-13-21(30)14-12-20)27(33)23(37-29)17-18-9-15-22(36-2)16-10-18/h4-17,26H,3H2,1-2H3. The predicted molar refractivity (Wildman–Crippen MR) is 151 cm³/mol. The van der Waals surface area contributed by atoms with Crippen molar-refractivity contribution in [3.8, 4) is 0 Å². The number of aromatic nitrogens is 1. The molecule has 1 unspecified atom stereocenters. The molecule has 0 aliphatic carbocycles. The number of hydrogen-bond acceptors (Lipinski definition) is 6. The van der Waals surface area contributed by atoms with E-state index in [0.29, 0.717) is 25.6 Å². The van der Waals surface area contributed by atoms with Crippen LogP contribution in [0.15, 0.2) is 99.1 Å². The summed E-state index contributed by atoms with van der Waals surface area (Å²) >= 11 is 9.14. The molecule has 0 bridgehead atoms. The normalized spacial score (nSPS) is 15.3. The molecule has 0 amide bonds. The van der Waals surface area contributed by atoms with Crippen LogP contribution in [0.1, 0.15) is 29.7 Å². The Balaban J connectivity index is 1.80. The van der Waals surface area contributed by atoms with Gasteiger partial charge in [-0.25, -0.2) is 9.79 Å². The van der Waals surface area contributed by atoms with E-state index in [9.17, 15) is 9.59 Å². The molecule has 3 aromatic carbocycles. The molecule has 5 nitrogen and oxygen atoms in total. The van der Waals surface area contributed by atoms with Crippen LogP contribution in [0.25, 0.3) is 11.8 Å². The SMILES string of the molecule is CCOC(=O)C1=C(c2ccccc2)N=c2sc(=Cc3ccc(SC)cc3)c(=O)n2C1c1ccc(Cl)cc1. The molecule has 0 spiro atoms. The Morgan fingerprint density at radius 2 is 1.78 bits per heavy atom. The first-order chi connectivity index (χ1) is 18.0. The van der Waals surface area contributed by atoms with Crippen LogP contribution in [0.4, 0.5) is 0 Å². The fourth-order valence-corrected chi connectivity index (χ4v) is 5.79. The highest BCUT2D eigenvalue weighted by Gasteiger charge is 2.35. The van der Waals surface area contributed by atoms with Crippen molar-refractivity contribution in [3.63, 3.8) is 0 Å². The van der Waals surface area contributed by atoms with Crippen LogP contribution < -0.4 is 14.9 Å². The Morgan fingerprint density at radius 1 is 1.08 bits per heavy atom. The first kappa shape index (κ1) is 25.3. The number of hydrogen-bond donors (Lipinski definition) is 0. The lowest BCUT2D eigenvalue weighted by atomic mass is 9.93. The molecule has 2 heterocycles. The van der Waals surface area contributed by atoms with Crippen LogP contribution >= 0.6 is 34.7 Å². The third kappa shape index (κ3) is 5.07. The van der Waals surface area contributed by atoms with E-state index in [1.807, 2.05) is 79.1 Å². The van der Waals surface area contributed by atoms with Crippen molar-refractivity contribution in [1.82, 2.24) is 4.57 Å². The lowest BCUT2D eigenvalue weighted by Gasteiger charge is -2.25. The molecule has 186 valence electrons. The predicted octanol–water partition coefficient (Wildman–Crippen LogP) is 5.31. The van der Waals surface area contributed by atoms with E-state index in [1.54, 1.807) is 35.4 Å². The van der Waals surface area contributed by atoms with Crippen molar-refractivity contribution in [2.75, 3.05) is 12.9 Å². The molecule has 5 rings (SSSR count). The van der Waals surface area contributed by atoms with Crippen molar-refractivity contribution in [1.29, 1.82) is 0 Å². The zero-order valence-electron chi connectivity index (χ0n) is 20.2. The molecule has 1 aliphatic heterocycles. The Labute approximate surface area is 227 Å². The van der Waals surface area contributed by atoms with Gasteiger partial charge < -0.3 is 4.74 Å². The van der Waals surface area contributed by atoms with E-state index in [0.717, 1.165) is 21.6 Å². The van der Waals surface area contributed by atoms with Gasteiger partial charge in [-0.2, -0.15) is 0 Å². The number of carbonyl (C=O) groups is 1. The van der Waals surface area contributed by atoms with Gasteiger partial charge in [-0.1, -0.05) is 77.5 Å². The van der Waals surface area contributed by atoms with Crippen LogP contribution in [0, 0.1) is 0 Å². The van der Waals surface area contributed by atoms with Crippen molar-refractivity contribution >= 4 is 52.4 Å². The molecule has 0 fully saturated rings. The number of fused-ring (bicyclic) bond motifs is 1. The Kier molecular flexibility index (Phi) is 7.46. The molecular formula is C29H23ClN2O3S2. The summed E-state index contributed by atoms with van der Waals surface area (Å²) in [6.07, 6.45) is 3.89. The van der Waals surface area contributed by atoms with Gasteiger partial charge in [0.05, 0.1) is 28.5 Å². The van der Waals surface area contributed by atoms with Crippen molar-refractivity contribution < 1.29 is 9.53 Å². The Morgan fingerprint density at radius 3 is 2.43 bits per heavy atom. The summed E-state index contributed by atoms with van der Waals surface area (Å²) < 4.78 is 7.61. The summed E-state index contributed by atoms with van der Waals surface area (Å²) in [6, 6.07) is 24.0. The third-order valence-corrected chi connectivity index (χ3v) is 7.95. The average molecular weight is 547 g/mol. The van der Waals surface area contributed by atoms with Crippen LogP contribution in [-0.2, 0) is 9.53 Å². The van der Waals surface area contributed by atoms with E-state index in [2.05, 4.69) is 0 Å². The summed E-state index contributed by atoms with van der Waals surface area (Å²) in [6.45, 7) is 1.96. The van der Waals surface area contributed by atoms with E-state index in [4.69, 9.17) is 21.3 Å². The Hall–Kier alpha value is -3.39. The highest BCUT2D eigenvalue weighted by molar-refractivity contribution is 7.98. The van der Waals surface area contributed by atoms with Crippen molar-refractivity contribution in [2.45, 2.75) is 17.9 Å². The lowest BCUT2D eigenvalue weighted by molar-refractivity contribution is -0.138. The highest BCUT2D eigenvalue weighted by atomic mass is 35.5. The molecular weight excluding hydrogens is 524 g/mol. The van der Waals surface area contributed by atoms with Gasteiger partial charge in [0.2, 0.25) is 0 Å². The summed E-state index contributed by atoms with van der Waals surface area (Å²) in [5.74, 6) is -0.507. The number of halogens is 1. The molecule has 0 radical (unpaired) electrons. The first-order valence-corrected chi connectivity index (χ1v) is 14.1. The third-order valence-electron chi connectivity index (χ3n) is 5.97. The van der Waals surface area contributed by atoms with Crippen LogP contribution in [0.3, 0.4) is 0 Å². The number of ether oxygens (including phenoxy) is 1. The highest BCUT2D eigenvalue weighted by Crippen LogP contribution is 2.35. The summed E-state index contributed by atoms with van der Waals surface area (Å²) in [5.41, 5.74) is 3.03. The topological polar surface area (TPSA) is 60.7 Å². The van der Waals surface area contributed by atoms with Crippen LogP contribution in [0.2, 0.25) is 5.02 Å². The second-order valence-electron chi connectivity index (χ2n) is 8.26. The van der Waals surface area contributed by atoms with Gasteiger partial charge >= 0.3 is 5.97 Å². The van der Waals surface area contributed by atoms with Gasteiger partial charge in [0.15, 0.2) is 4.80 Å². The fraction of sp³-hybridized carbons (Fsp3) is 0.138. The van der Waals surface area contributed by atoms with E-state index < -0.39 is 12.0 Å². The maximum Gasteiger partial charge on any atom is 0.338 e. The van der Waals surface area contributed by atoms with Gasteiger partial charge in [0.25, 0.3) is 5.56 Å². The second kappa shape index (κ2) is 10.9. The first-order valence-electron chi connectivity index (χ1n) is 11.7. The van der Waals surface area contributed by atoms with Crippen molar-refractivity contribution in [2.24, 2.45) is 4.99 Å². The minimum atomic E-state index is -0.719. The maximum absolute atomic E-state index is 13.8. The fourth-order valence-electron chi connectivity index (χ4n) is 4.25. The van der Waals surface area contributed by atoms with Gasteiger partial charge in [-0.15, -0.1) is 11.8 Å². The molecule has 0 saturated heterocycles. The Bertz CT molecular complexity index is 1660. The van der Waals surface area contributed by atoms with E-state index in [1.165, 1.54) is 11.3 Å². The molecule has 0 saturated carbocycles. The number of thioether (sulfide) groups is 1. The molecule has 1 aromatic heterocycles. The molecule has 4 aromatic rings. The summed E-state index contributed by atoms with van der Waals surface area (Å²) in [7, 11) is 0. The zero-order chi connectivity index (χ0) is 25.9. The molecule has 37 heavy (non-hydrogen) atoms. The number of carbonyl (C=O) groups excluding carboxylic acids is 1. The van der Waals surface area contributed by atoms with E-state index in [-0.39, 0.29) is 12.2 Å². The number of thiazole rings is 1. The number of esters is 1. The van der Waals surface area contributed by atoms with Crippen molar-refractivity contribution in [3.05, 3.63) is 126 Å². The summed E-state index contributed by atoms with van der Waals surface area (Å²) in [4.78, 5) is 33.8. The molecule has 1 atom stereocenters. The van der Waals surface area contributed by atoms with Gasteiger partial charge in [0.1, 0.15) is 0 Å². The summed E-state index contributed by atoms with van der Waals surface area (Å²) in [5, 5.41) is 0.565. The number of benzene rings is 3. The van der Waals surface area contributed by atoms with E-state index >= 15 is 0 Å². The van der Waals surface area contributed by atoms with Crippen LogP contribution in [-0.4, -0.2) is 23.4 Å². The number of nitrogens with zero attached hydrogens (tertiary/aromatic N) is 2. The van der Waals surface area contributed by atoms with Crippen LogP contribution in [0.5, 0.6) is 0 Å². The maximum atomic E-state index is 13.8. The lowest BCUT2D eigenvalue weighted by Crippen LogP contribution is -2.40. The molecule has 1 aliphatic rings. The largest absolute Gasteiger partial charge is 0.463 e. The smallest absolute Gasteiger partial charge is 0.338 e.